The summed E-state index contributed by atoms with van der Waals surface area (Å²) in [5.74, 6) is 1.67. The first-order valence-corrected chi connectivity index (χ1v) is 10.2. The van der Waals surface area contributed by atoms with Crippen LogP contribution in [0.25, 0.3) is 22.1 Å². The van der Waals surface area contributed by atoms with Crippen LogP contribution in [0.15, 0.2) is 42.5 Å². The van der Waals surface area contributed by atoms with Crippen molar-refractivity contribution in [3.8, 4) is 0 Å². The normalized spacial score (nSPS) is 17.3. The molecule has 4 aromatic rings. The predicted octanol–water partition coefficient (Wildman–Crippen LogP) is 4.13. The van der Waals surface area contributed by atoms with Gasteiger partial charge in [-0.25, -0.2) is 9.97 Å². The number of amides is 1. The second-order valence-corrected chi connectivity index (χ2v) is 8.17. The number of nitrogens with zero attached hydrogens (tertiary/aromatic N) is 5. The molecule has 2 aromatic heterocycles. The molecule has 1 aliphatic rings. The molecule has 3 heterocycles. The Morgan fingerprint density at radius 2 is 1.83 bits per heavy atom. The van der Waals surface area contributed by atoms with Crippen LogP contribution in [0.5, 0.6) is 0 Å². The number of para-hydroxylation sites is 2. The number of aryl methyl sites for hydroxylation is 2. The summed E-state index contributed by atoms with van der Waals surface area (Å²) in [5.41, 5.74) is 3.77. The quantitative estimate of drug-likeness (QED) is 0.502. The Morgan fingerprint density at radius 1 is 1.03 bits per heavy atom. The van der Waals surface area contributed by atoms with Gasteiger partial charge in [-0.1, -0.05) is 23.7 Å². The molecule has 1 saturated heterocycles. The fraction of sp³-hybridized carbons (Fsp3) is 0.318. The second-order valence-electron chi connectivity index (χ2n) is 7.74. The average molecular weight is 408 g/mol. The van der Waals surface area contributed by atoms with E-state index in [1.807, 2.05) is 46.8 Å². The molecule has 0 radical (unpaired) electrons. The SMILES string of the molecule is Cn1c(C(=O)N2CCCC(c3nc4ccccc4n3C)C2)nc2cc(Cl)ccc21. The van der Waals surface area contributed by atoms with Crippen LogP contribution in [0.4, 0.5) is 0 Å². The number of carbonyl (C=O) groups is 1. The van der Waals surface area contributed by atoms with Crippen LogP contribution in [0.2, 0.25) is 5.02 Å². The summed E-state index contributed by atoms with van der Waals surface area (Å²) in [6.07, 6.45) is 1.98. The lowest BCUT2D eigenvalue weighted by atomic mass is 9.97. The Kier molecular flexibility index (Phi) is 4.32. The minimum Gasteiger partial charge on any atom is -0.335 e. The summed E-state index contributed by atoms with van der Waals surface area (Å²) in [4.78, 5) is 24.6. The van der Waals surface area contributed by atoms with E-state index in [2.05, 4.69) is 22.7 Å². The van der Waals surface area contributed by atoms with E-state index < -0.39 is 0 Å². The van der Waals surface area contributed by atoms with Gasteiger partial charge in [0, 0.05) is 38.1 Å². The highest BCUT2D eigenvalue weighted by Crippen LogP contribution is 2.29. The zero-order chi connectivity index (χ0) is 20.1. The van der Waals surface area contributed by atoms with Gasteiger partial charge in [0.15, 0.2) is 5.82 Å². The molecule has 7 heteroatoms. The van der Waals surface area contributed by atoms with Crippen molar-refractivity contribution in [1.29, 1.82) is 0 Å². The zero-order valence-electron chi connectivity index (χ0n) is 16.5. The monoisotopic (exact) mass is 407 g/mol. The van der Waals surface area contributed by atoms with Crippen molar-refractivity contribution >= 4 is 39.6 Å². The van der Waals surface area contributed by atoms with Crippen molar-refractivity contribution < 1.29 is 4.79 Å². The number of hydrogen-bond donors (Lipinski definition) is 0. The van der Waals surface area contributed by atoms with Crippen LogP contribution >= 0.6 is 11.6 Å². The van der Waals surface area contributed by atoms with Crippen LogP contribution < -0.4 is 0 Å². The Hall–Kier alpha value is -2.86. The molecule has 0 spiro atoms. The van der Waals surface area contributed by atoms with E-state index in [4.69, 9.17) is 16.6 Å². The smallest absolute Gasteiger partial charge is 0.289 e. The van der Waals surface area contributed by atoms with E-state index in [1.165, 1.54) is 0 Å². The first kappa shape index (κ1) is 18.2. The Balaban J connectivity index is 1.45. The highest BCUT2D eigenvalue weighted by molar-refractivity contribution is 6.31. The lowest BCUT2D eigenvalue weighted by Crippen LogP contribution is -2.40. The van der Waals surface area contributed by atoms with Gasteiger partial charge in [0.2, 0.25) is 0 Å². The van der Waals surface area contributed by atoms with E-state index in [0.29, 0.717) is 17.4 Å². The fourth-order valence-corrected chi connectivity index (χ4v) is 4.57. The predicted molar refractivity (Wildman–Crippen MR) is 114 cm³/mol. The van der Waals surface area contributed by atoms with Gasteiger partial charge >= 0.3 is 0 Å². The summed E-state index contributed by atoms with van der Waals surface area (Å²) in [5, 5.41) is 0.620. The lowest BCUT2D eigenvalue weighted by molar-refractivity contribution is 0.0688. The number of piperidine rings is 1. The number of benzene rings is 2. The van der Waals surface area contributed by atoms with Gasteiger partial charge in [0.1, 0.15) is 5.82 Å². The van der Waals surface area contributed by atoms with E-state index in [-0.39, 0.29) is 11.8 Å². The molecule has 1 unspecified atom stereocenters. The van der Waals surface area contributed by atoms with Crippen LogP contribution in [0, 0.1) is 0 Å². The molecule has 6 nitrogen and oxygen atoms in total. The second kappa shape index (κ2) is 6.88. The zero-order valence-corrected chi connectivity index (χ0v) is 17.2. The largest absolute Gasteiger partial charge is 0.335 e. The fourth-order valence-electron chi connectivity index (χ4n) is 4.41. The number of carbonyl (C=O) groups excluding carboxylic acids is 1. The third kappa shape index (κ3) is 2.99. The maximum atomic E-state index is 13.3. The highest BCUT2D eigenvalue weighted by Gasteiger charge is 2.30. The van der Waals surface area contributed by atoms with Crippen molar-refractivity contribution in [3.05, 3.63) is 59.1 Å². The summed E-state index contributed by atoms with van der Waals surface area (Å²) in [7, 11) is 3.93. The number of aromatic nitrogens is 4. The standard InChI is InChI=1S/C22H22ClN5O/c1-26-18-8-4-3-7-16(18)24-20(26)14-6-5-11-28(13-14)22(29)21-25-17-12-15(23)9-10-19(17)27(21)2/h3-4,7-10,12,14H,5-6,11,13H2,1-2H3. The molecule has 1 atom stereocenters. The van der Waals surface area contributed by atoms with Crippen LogP contribution in [-0.2, 0) is 14.1 Å². The molecular formula is C22H22ClN5O. The Labute approximate surface area is 173 Å². The van der Waals surface area contributed by atoms with Crippen molar-refractivity contribution in [2.24, 2.45) is 14.1 Å². The van der Waals surface area contributed by atoms with Gasteiger partial charge in [-0.15, -0.1) is 0 Å². The molecule has 0 aliphatic carbocycles. The molecule has 5 rings (SSSR count). The first-order valence-electron chi connectivity index (χ1n) is 9.85. The molecule has 0 saturated carbocycles. The third-order valence-corrected chi connectivity index (χ3v) is 6.16. The number of fused-ring (bicyclic) bond motifs is 2. The Bertz CT molecular complexity index is 1240. The molecule has 148 valence electrons. The summed E-state index contributed by atoms with van der Waals surface area (Å²) >= 11 is 6.09. The van der Waals surface area contributed by atoms with Crippen molar-refractivity contribution in [3.63, 3.8) is 0 Å². The number of hydrogen-bond acceptors (Lipinski definition) is 3. The molecule has 1 amide bonds. The Morgan fingerprint density at radius 3 is 2.66 bits per heavy atom. The topological polar surface area (TPSA) is 56.0 Å². The molecule has 1 fully saturated rings. The summed E-state index contributed by atoms with van der Waals surface area (Å²) in [6, 6.07) is 13.7. The number of imidazole rings is 2. The van der Waals surface area contributed by atoms with Gasteiger partial charge in [-0.2, -0.15) is 0 Å². The van der Waals surface area contributed by atoms with Crippen molar-refractivity contribution in [2.45, 2.75) is 18.8 Å². The summed E-state index contributed by atoms with van der Waals surface area (Å²) in [6.45, 7) is 1.39. The highest BCUT2D eigenvalue weighted by atomic mass is 35.5. The molecule has 0 N–H and O–H groups in total. The average Bonchev–Trinajstić information content (AvgIpc) is 3.25. The van der Waals surface area contributed by atoms with Crippen LogP contribution in [0.3, 0.4) is 0 Å². The maximum Gasteiger partial charge on any atom is 0.289 e. The third-order valence-electron chi connectivity index (χ3n) is 5.93. The van der Waals surface area contributed by atoms with Gasteiger partial charge in [-0.05, 0) is 43.2 Å². The van der Waals surface area contributed by atoms with E-state index >= 15 is 0 Å². The van der Waals surface area contributed by atoms with Gasteiger partial charge in [-0.3, -0.25) is 4.79 Å². The summed E-state index contributed by atoms with van der Waals surface area (Å²) < 4.78 is 4.01. The maximum absolute atomic E-state index is 13.3. The van der Waals surface area contributed by atoms with Gasteiger partial charge < -0.3 is 14.0 Å². The van der Waals surface area contributed by atoms with E-state index in [9.17, 15) is 4.79 Å². The van der Waals surface area contributed by atoms with Crippen LogP contribution in [0.1, 0.15) is 35.2 Å². The number of likely N-dealkylation sites (tertiary alicyclic amines) is 1. The molecular weight excluding hydrogens is 386 g/mol. The number of halogens is 1. The number of rotatable bonds is 2. The molecule has 0 bridgehead atoms. The molecule has 1 aliphatic heterocycles. The van der Waals surface area contributed by atoms with E-state index in [0.717, 1.165) is 47.3 Å². The molecule has 29 heavy (non-hydrogen) atoms. The lowest BCUT2D eigenvalue weighted by Gasteiger charge is -2.32. The van der Waals surface area contributed by atoms with E-state index in [1.54, 1.807) is 6.07 Å². The minimum atomic E-state index is -0.0386. The van der Waals surface area contributed by atoms with Crippen LogP contribution in [-0.4, -0.2) is 43.0 Å². The minimum absolute atomic E-state index is 0.0386. The van der Waals surface area contributed by atoms with Gasteiger partial charge in [0.05, 0.1) is 22.1 Å². The van der Waals surface area contributed by atoms with Crippen molar-refractivity contribution in [1.82, 2.24) is 24.0 Å². The molecule has 2 aromatic carbocycles. The van der Waals surface area contributed by atoms with Gasteiger partial charge in [0.25, 0.3) is 5.91 Å². The first-order chi connectivity index (χ1) is 14.0. The van der Waals surface area contributed by atoms with Crippen molar-refractivity contribution in [2.75, 3.05) is 13.1 Å².